The molecule has 24 heavy (non-hydrogen) atoms. The molecule has 0 bridgehead atoms. The Morgan fingerprint density at radius 2 is 2.33 bits per heavy atom. The molecule has 2 aromatic rings. The van der Waals surface area contributed by atoms with Crippen molar-refractivity contribution in [3.63, 3.8) is 0 Å². The predicted molar refractivity (Wildman–Crippen MR) is 89.4 cm³/mol. The predicted octanol–water partition coefficient (Wildman–Crippen LogP) is 1.65. The van der Waals surface area contributed by atoms with E-state index in [-0.39, 0.29) is 12.1 Å². The van der Waals surface area contributed by atoms with Crippen molar-refractivity contribution >= 4 is 6.03 Å². The van der Waals surface area contributed by atoms with Crippen LogP contribution in [0.4, 0.5) is 4.79 Å². The molecule has 2 aromatic heterocycles. The van der Waals surface area contributed by atoms with Crippen LogP contribution < -0.4 is 10.6 Å². The highest BCUT2D eigenvalue weighted by molar-refractivity contribution is 5.74. The first-order valence-electron chi connectivity index (χ1n) is 8.70. The van der Waals surface area contributed by atoms with Crippen molar-refractivity contribution in [2.75, 3.05) is 6.54 Å². The Hall–Kier alpha value is -2.38. The first kappa shape index (κ1) is 16.5. The average molecular weight is 331 g/mol. The maximum atomic E-state index is 12.1. The normalized spacial score (nSPS) is 16.6. The number of rotatable bonds is 7. The van der Waals surface area contributed by atoms with Crippen molar-refractivity contribution in [3.05, 3.63) is 30.4 Å². The van der Waals surface area contributed by atoms with Gasteiger partial charge in [-0.25, -0.2) is 19.4 Å². The Balaban J connectivity index is 1.40. The fourth-order valence-corrected chi connectivity index (χ4v) is 2.94. The number of imidazole rings is 1. The lowest BCUT2D eigenvalue weighted by Crippen LogP contribution is -2.40. The van der Waals surface area contributed by atoms with Gasteiger partial charge in [-0.2, -0.15) is 5.10 Å². The second-order valence-corrected chi connectivity index (χ2v) is 6.07. The molecule has 8 nitrogen and oxygen atoms in total. The zero-order valence-electron chi connectivity index (χ0n) is 14.1. The zero-order chi connectivity index (χ0) is 16.8. The van der Waals surface area contributed by atoms with Gasteiger partial charge in [0.2, 0.25) is 0 Å². The topological polar surface area (TPSA) is 89.7 Å². The summed E-state index contributed by atoms with van der Waals surface area (Å²) >= 11 is 0. The van der Waals surface area contributed by atoms with Gasteiger partial charge in [0.1, 0.15) is 5.82 Å². The van der Waals surface area contributed by atoms with Gasteiger partial charge in [0.05, 0.1) is 12.4 Å². The van der Waals surface area contributed by atoms with Crippen molar-refractivity contribution in [1.29, 1.82) is 0 Å². The van der Waals surface area contributed by atoms with Crippen LogP contribution in [0.3, 0.4) is 0 Å². The number of hydrogen-bond donors (Lipinski definition) is 2. The van der Waals surface area contributed by atoms with Crippen LogP contribution in [0, 0.1) is 0 Å². The third-order valence-electron chi connectivity index (χ3n) is 4.23. The Bertz CT molecular complexity index is 649. The van der Waals surface area contributed by atoms with Gasteiger partial charge in [-0.1, -0.05) is 6.92 Å². The molecule has 0 saturated heterocycles. The van der Waals surface area contributed by atoms with E-state index in [4.69, 9.17) is 0 Å². The van der Waals surface area contributed by atoms with E-state index in [0.717, 1.165) is 56.8 Å². The van der Waals surface area contributed by atoms with Gasteiger partial charge in [-0.05, 0) is 25.7 Å². The Kier molecular flexibility index (Phi) is 5.45. The van der Waals surface area contributed by atoms with Crippen molar-refractivity contribution in [2.45, 2.75) is 58.2 Å². The van der Waals surface area contributed by atoms with Gasteiger partial charge >= 0.3 is 6.03 Å². The zero-order valence-corrected chi connectivity index (χ0v) is 14.1. The third-order valence-corrected chi connectivity index (χ3v) is 4.23. The van der Waals surface area contributed by atoms with Gasteiger partial charge in [-0.15, -0.1) is 0 Å². The lowest BCUT2D eigenvalue weighted by Gasteiger charge is -2.23. The highest BCUT2D eigenvalue weighted by atomic mass is 16.2. The molecule has 0 saturated carbocycles. The van der Waals surface area contributed by atoms with Gasteiger partial charge in [0, 0.05) is 38.4 Å². The second-order valence-electron chi connectivity index (χ2n) is 6.07. The minimum Gasteiger partial charge on any atom is -0.338 e. The number of carbonyl (C=O) groups is 1. The van der Waals surface area contributed by atoms with Crippen LogP contribution in [0.25, 0.3) is 0 Å². The van der Waals surface area contributed by atoms with Gasteiger partial charge in [0.25, 0.3) is 0 Å². The molecular weight excluding hydrogens is 306 g/mol. The molecule has 1 aliphatic heterocycles. The third kappa shape index (κ3) is 4.12. The number of amides is 2. The maximum Gasteiger partial charge on any atom is 0.315 e. The number of unbranched alkanes of at least 4 members (excludes halogenated alkanes) is 1. The standard InChI is InChI=1S/C16H25N7O/c1-2-14-20-15-13(6-5-10-23(15)21-14)19-16(24)18-7-3-4-9-22-11-8-17-12-22/h8,11-13H,2-7,9-10H2,1H3,(H2,18,19,24)/t13-/m0/s1. The Labute approximate surface area is 141 Å². The summed E-state index contributed by atoms with van der Waals surface area (Å²) in [6, 6.07) is -0.172. The smallest absolute Gasteiger partial charge is 0.315 e. The van der Waals surface area contributed by atoms with Crippen LogP contribution in [0.2, 0.25) is 0 Å². The minimum atomic E-state index is -0.128. The van der Waals surface area contributed by atoms with Crippen molar-refractivity contribution < 1.29 is 4.79 Å². The summed E-state index contributed by atoms with van der Waals surface area (Å²) in [4.78, 5) is 20.6. The highest BCUT2D eigenvalue weighted by Crippen LogP contribution is 2.22. The Morgan fingerprint density at radius 3 is 3.12 bits per heavy atom. The van der Waals surface area contributed by atoms with Crippen LogP contribution in [0.15, 0.2) is 18.7 Å². The molecule has 1 aliphatic rings. The molecule has 0 fully saturated rings. The maximum absolute atomic E-state index is 12.1. The van der Waals surface area contributed by atoms with Crippen molar-refractivity contribution in [3.8, 4) is 0 Å². The van der Waals surface area contributed by atoms with E-state index in [0.29, 0.717) is 6.54 Å². The first-order valence-corrected chi connectivity index (χ1v) is 8.70. The number of hydrogen-bond acceptors (Lipinski definition) is 4. The van der Waals surface area contributed by atoms with Gasteiger partial charge in [0.15, 0.2) is 5.82 Å². The molecular formula is C16H25N7O. The van der Waals surface area contributed by atoms with E-state index in [1.807, 2.05) is 28.7 Å². The summed E-state index contributed by atoms with van der Waals surface area (Å²) in [6.45, 7) is 4.52. The minimum absolute atomic E-state index is 0.0440. The Morgan fingerprint density at radius 1 is 1.42 bits per heavy atom. The average Bonchev–Trinajstić information content (AvgIpc) is 3.24. The molecule has 0 aromatic carbocycles. The first-order chi connectivity index (χ1) is 11.8. The molecule has 0 aliphatic carbocycles. The number of nitrogens with one attached hydrogen (secondary N) is 2. The number of aryl methyl sites for hydroxylation is 3. The van der Waals surface area contributed by atoms with E-state index in [9.17, 15) is 4.79 Å². The number of urea groups is 1. The molecule has 2 N–H and O–H groups in total. The molecule has 0 spiro atoms. The summed E-state index contributed by atoms with van der Waals surface area (Å²) < 4.78 is 3.97. The fourth-order valence-electron chi connectivity index (χ4n) is 2.94. The summed E-state index contributed by atoms with van der Waals surface area (Å²) in [5.41, 5.74) is 0. The van der Waals surface area contributed by atoms with E-state index in [1.54, 1.807) is 6.20 Å². The summed E-state index contributed by atoms with van der Waals surface area (Å²) in [7, 11) is 0. The summed E-state index contributed by atoms with van der Waals surface area (Å²) in [6.07, 6.45) is 10.2. The fraction of sp³-hybridized carbons (Fsp3) is 0.625. The number of carbonyl (C=O) groups excluding carboxylic acids is 1. The lowest BCUT2D eigenvalue weighted by atomic mass is 10.1. The van der Waals surface area contributed by atoms with Crippen LogP contribution in [-0.2, 0) is 19.5 Å². The summed E-state index contributed by atoms with van der Waals surface area (Å²) in [5.74, 6) is 1.73. The molecule has 0 radical (unpaired) electrons. The second kappa shape index (κ2) is 7.94. The highest BCUT2D eigenvalue weighted by Gasteiger charge is 2.25. The van der Waals surface area contributed by atoms with E-state index >= 15 is 0 Å². The molecule has 1 atom stereocenters. The van der Waals surface area contributed by atoms with E-state index < -0.39 is 0 Å². The largest absolute Gasteiger partial charge is 0.338 e. The molecule has 3 rings (SSSR count). The molecule has 130 valence electrons. The molecule has 8 heteroatoms. The summed E-state index contributed by atoms with van der Waals surface area (Å²) in [5, 5.41) is 10.4. The molecule has 2 amide bonds. The number of aromatic nitrogens is 5. The van der Waals surface area contributed by atoms with Crippen LogP contribution in [0.1, 0.15) is 50.3 Å². The van der Waals surface area contributed by atoms with Crippen LogP contribution in [-0.4, -0.2) is 36.9 Å². The van der Waals surface area contributed by atoms with Crippen LogP contribution in [0.5, 0.6) is 0 Å². The monoisotopic (exact) mass is 331 g/mol. The number of nitrogens with zero attached hydrogens (tertiary/aromatic N) is 5. The van der Waals surface area contributed by atoms with Crippen molar-refractivity contribution in [1.82, 2.24) is 34.9 Å². The van der Waals surface area contributed by atoms with Crippen LogP contribution >= 0.6 is 0 Å². The lowest BCUT2D eigenvalue weighted by molar-refractivity contribution is 0.232. The number of fused-ring (bicyclic) bond motifs is 1. The quantitative estimate of drug-likeness (QED) is 0.755. The van der Waals surface area contributed by atoms with E-state index in [2.05, 4.69) is 25.7 Å². The molecule has 3 heterocycles. The van der Waals surface area contributed by atoms with Crippen molar-refractivity contribution in [2.24, 2.45) is 0 Å². The molecule has 0 unspecified atom stereocenters. The SMILES string of the molecule is CCc1nc2n(n1)CCC[C@@H]2NC(=O)NCCCCn1ccnc1. The van der Waals surface area contributed by atoms with E-state index in [1.165, 1.54) is 0 Å². The van der Waals surface area contributed by atoms with Gasteiger partial charge < -0.3 is 15.2 Å². The van der Waals surface area contributed by atoms with Gasteiger partial charge in [-0.3, -0.25) is 0 Å².